The Morgan fingerprint density at radius 1 is 1.24 bits per heavy atom. The van der Waals surface area contributed by atoms with Crippen LogP contribution in [-0.4, -0.2) is 39.0 Å². The number of hydrogen-bond acceptors (Lipinski definition) is 6. The smallest absolute Gasteiger partial charge is 0.262 e. The first-order valence-electron chi connectivity index (χ1n) is 7.58. The lowest BCUT2D eigenvalue weighted by molar-refractivity contribution is -0.118. The molecule has 8 heteroatoms. The summed E-state index contributed by atoms with van der Waals surface area (Å²) in [5.74, 6) is 0.433. The van der Waals surface area contributed by atoms with E-state index in [1.54, 1.807) is 16.8 Å². The largest absolute Gasteiger partial charge is 0.484 e. The number of benzene rings is 2. The molecule has 3 rings (SSSR count). The maximum absolute atomic E-state index is 12.1. The van der Waals surface area contributed by atoms with Gasteiger partial charge in [-0.1, -0.05) is 30.0 Å². The van der Waals surface area contributed by atoms with Gasteiger partial charge in [-0.15, -0.1) is 5.10 Å². The van der Waals surface area contributed by atoms with Gasteiger partial charge in [-0.05, 0) is 59.5 Å². The van der Waals surface area contributed by atoms with Crippen molar-refractivity contribution in [1.82, 2.24) is 20.2 Å². The van der Waals surface area contributed by atoms with E-state index in [0.29, 0.717) is 16.6 Å². The van der Waals surface area contributed by atoms with Gasteiger partial charge in [-0.3, -0.25) is 4.79 Å². The van der Waals surface area contributed by atoms with E-state index in [1.807, 2.05) is 49.6 Å². The first-order chi connectivity index (χ1) is 12.2. The second kappa shape index (κ2) is 7.80. The van der Waals surface area contributed by atoms with Gasteiger partial charge in [0.15, 0.2) is 6.61 Å². The highest BCUT2D eigenvalue weighted by molar-refractivity contribution is 7.98. The van der Waals surface area contributed by atoms with Crippen LogP contribution < -0.4 is 10.1 Å². The number of ether oxygens (including phenoxy) is 1. The molecule has 0 fully saturated rings. The van der Waals surface area contributed by atoms with Gasteiger partial charge < -0.3 is 10.1 Å². The zero-order valence-corrected chi connectivity index (χ0v) is 14.7. The normalized spacial score (nSPS) is 10.5. The molecule has 7 nitrogen and oxygen atoms in total. The van der Waals surface area contributed by atoms with Crippen molar-refractivity contribution in [3.05, 3.63) is 54.1 Å². The molecule has 2 aromatic carbocycles. The molecule has 0 aliphatic rings. The molecule has 0 saturated heterocycles. The summed E-state index contributed by atoms with van der Waals surface area (Å²) in [4.78, 5) is 12.1. The second-order valence-corrected chi connectivity index (χ2v) is 6.05. The number of nitrogens with zero attached hydrogens (tertiary/aromatic N) is 4. The van der Waals surface area contributed by atoms with Crippen molar-refractivity contribution in [3.63, 3.8) is 0 Å². The Kier molecular flexibility index (Phi) is 5.30. The van der Waals surface area contributed by atoms with Crippen LogP contribution >= 0.6 is 11.8 Å². The molecule has 1 heterocycles. The minimum Gasteiger partial charge on any atom is -0.484 e. The van der Waals surface area contributed by atoms with Crippen molar-refractivity contribution in [3.8, 4) is 11.4 Å². The Morgan fingerprint density at radius 3 is 2.88 bits per heavy atom. The van der Waals surface area contributed by atoms with Crippen LogP contribution in [0.4, 0.5) is 5.69 Å². The molecule has 0 bridgehead atoms. The zero-order chi connectivity index (χ0) is 17.6. The van der Waals surface area contributed by atoms with Crippen molar-refractivity contribution in [2.45, 2.75) is 12.1 Å². The van der Waals surface area contributed by atoms with Gasteiger partial charge in [0.1, 0.15) is 5.75 Å². The second-order valence-electron chi connectivity index (χ2n) is 5.28. The molecule has 0 radical (unpaired) electrons. The van der Waals surface area contributed by atoms with E-state index in [0.717, 1.165) is 11.3 Å². The van der Waals surface area contributed by atoms with Crippen LogP contribution in [0, 0.1) is 6.92 Å². The van der Waals surface area contributed by atoms with E-state index >= 15 is 0 Å². The number of carbonyl (C=O) groups excluding carboxylic acids is 1. The molecule has 1 aromatic heterocycles. The quantitative estimate of drug-likeness (QED) is 0.685. The number of tetrazole rings is 1. The van der Waals surface area contributed by atoms with Gasteiger partial charge >= 0.3 is 0 Å². The number of nitrogens with one attached hydrogen (secondary N) is 1. The highest BCUT2D eigenvalue weighted by Gasteiger charge is 2.09. The van der Waals surface area contributed by atoms with Crippen LogP contribution in [-0.2, 0) is 4.79 Å². The lowest BCUT2D eigenvalue weighted by Crippen LogP contribution is -2.20. The van der Waals surface area contributed by atoms with Crippen LogP contribution in [0.1, 0.15) is 5.56 Å². The fraction of sp³-hybridized carbons (Fsp3) is 0.176. The minimum atomic E-state index is -0.236. The fourth-order valence-corrected chi connectivity index (χ4v) is 2.67. The first-order valence-corrected chi connectivity index (χ1v) is 8.80. The van der Waals surface area contributed by atoms with E-state index in [2.05, 4.69) is 20.8 Å². The van der Waals surface area contributed by atoms with Crippen molar-refractivity contribution in [1.29, 1.82) is 0 Å². The molecule has 25 heavy (non-hydrogen) atoms. The van der Waals surface area contributed by atoms with Crippen LogP contribution in [0.25, 0.3) is 5.69 Å². The standard InChI is InChI=1S/C17H17N5O2S/c1-12-5-3-8-15(9-12)24-11-16(23)18-13-6-4-7-14(10-13)22-17(25-2)19-20-21-22/h3-10H,11H2,1-2H3,(H,18,23). The molecule has 0 atom stereocenters. The molecule has 0 aliphatic heterocycles. The molecule has 128 valence electrons. The SMILES string of the molecule is CSc1nnnn1-c1cccc(NC(=O)COc2cccc(C)c2)c1. The summed E-state index contributed by atoms with van der Waals surface area (Å²) in [7, 11) is 0. The number of aryl methyl sites for hydroxylation is 1. The summed E-state index contributed by atoms with van der Waals surface area (Å²) in [6.45, 7) is 1.91. The number of anilines is 1. The summed E-state index contributed by atoms with van der Waals surface area (Å²) < 4.78 is 7.12. The average molecular weight is 355 g/mol. The number of aromatic nitrogens is 4. The summed E-state index contributed by atoms with van der Waals surface area (Å²) >= 11 is 1.44. The predicted octanol–water partition coefficient (Wildman–Crippen LogP) is 2.71. The van der Waals surface area contributed by atoms with Crippen LogP contribution in [0.3, 0.4) is 0 Å². The number of hydrogen-bond donors (Lipinski definition) is 1. The number of rotatable bonds is 6. The van der Waals surface area contributed by atoms with Crippen molar-refractivity contribution in [2.75, 3.05) is 18.2 Å². The summed E-state index contributed by atoms with van der Waals surface area (Å²) in [6, 6.07) is 14.9. The van der Waals surface area contributed by atoms with Crippen molar-refractivity contribution >= 4 is 23.4 Å². The van der Waals surface area contributed by atoms with Gasteiger partial charge in [-0.25, -0.2) is 0 Å². The summed E-state index contributed by atoms with van der Waals surface area (Å²) in [5.41, 5.74) is 2.50. The molecule has 0 aliphatic carbocycles. The minimum absolute atomic E-state index is 0.0609. The lowest BCUT2D eigenvalue weighted by Gasteiger charge is -2.09. The van der Waals surface area contributed by atoms with Crippen LogP contribution in [0.5, 0.6) is 5.75 Å². The highest BCUT2D eigenvalue weighted by atomic mass is 32.2. The van der Waals surface area contributed by atoms with E-state index in [4.69, 9.17) is 4.74 Å². The lowest BCUT2D eigenvalue weighted by atomic mass is 10.2. The molecule has 3 aromatic rings. The van der Waals surface area contributed by atoms with E-state index in [9.17, 15) is 4.79 Å². The fourth-order valence-electron chi connectivity index (χ4n) is 2.23. The molecular formula is C17H17N5O2S. The van der Waals surface area contributed by atoms with E-state index in [1.165, 1.54) is 11.8 Å². The molecule has 1 amide bonds. The Hall–Kier alpha value is -2.87. The molecule has 0 unspecified atom stereocenters. The van der Waals surface area contributed by atoms with Gasteiger partial charge in [0.25, 0.3) is 5.91 Å². The molecule has 1 N–H and O–H groups in total. The average Bonchev–Trinajstić information content (AvgIpc) is 3.09. The zero-order valence-electron chi connectivity index (χ0n) is 13.8. The van der Waals surface area contributed by atoms with E-state index in [-0.39, 0.29) is 12.5 Å². The Morgan fingerprint density at radius 2 is 2.08 bits per heavy atom. The number of carbonyl (C=O) groups is 1. The summed E-state index contributed by atoms with van der Waals surface area (Å²) in [6.07, 6.45) is 1.90. The Labute approximate surface area is 149 Å². The Balaban J connectivity index is 1.65. The maximum Gasteiger partial charge on any atom is 0.262 e. The number of amides is 1. The van der Waals surface area contributed by atoms with Gasteiger partial charge in [0.05, 0.1) is 5.69 Å². The monoisotopic (exact) mass is 355 g/mol. The van der Waals surface area contributed by atoms with Crippen LogP contribution in [0.15, 0.2) is 53.7 Å². The molecular weight excluding hydrogens is 338 g/mol. The summed E-state index contributed by atoms with van der Waals surface area (Å²) in [5, 5.41) is 15.0. The van der Waals surface area contributed by atoms with Gasteiger partial charge in [0.2, 0.25) is 5.16 Å². The maximum atomic E-state index is 12.1. The first kappa shape index (κ1) is 17.0. The third kappa shape index (κ3) is 4.36. The number of thioether (sulfide) groups is 1. The Bertz CT molecular complexity index is 881. The van der Waals surface area contributed by atoms with Crippen LogP contribution in [0.2, 0.25) is 0 Å². The van der Waals surface area contributed by atoms with Crippen molar-refractivity contribution < 1.29 is 9.53 Å². The third-order valence-corrected chi connectivity index (χ3v) is 3.98. The van der Waals surface area contributed by atoms with Gasteiger partial charge in [-0.2, -0.15) is 4.68 Å². The topological polar surface area (TPSA) is 81.9 Å². The van der Waals surface area contributed by atoms with E-state index < -0.39 is 0 Å². The van der Waals surface area contributed by atoms with Crippen molar-refractivity contribution in [2.24, 2.45) is 0 Å². The third-order valence-electron chi connectivity index (χ3n) is 3.36. The predicted molar refractivity (Wildman–Crippen MR) is 96.2 cm³/mol. The molecule has 0 saturated carbocycles. The molecule has 0 spiro atoms. The highest BCUT2D eigenvalue weighted by Crippen LogP contribution is 2.19. The van der Waals surface area contributed by atoms with Gasteiger partial charge in [0, 0.05) is 5.69 Å².